The number of aliphatic hydroxyl groups is 1. The van der Waals surface area contributed by atoms with Gasteiger partial charge in [0.25, 0.3) is 11.8 Å². The molecule has 3 N–H and O–H groups in total. The molecule has 2 amide bonds. The highest BCUT2D eigenvalue weighted by atomic mass is 35.5. The zero-order chi connectivity index (χ0) is 14.0. The van der Waals surface area contributed by atoms with E-state index < -0.39 is 23.2 Å². The molecule has 2 rings (SSSR count). The predicted molar refractivity (Wildman–Crippen MR) is 65.8 cm³/mol. The highest BCUT2D eigenvalue weighted by molar-refractivity contribution is 6.30. The molecule has 1 aliphatic rings. The minimum absolute atomic E-state index is 0.0155. The van der Waals surface area contributed by atoms with Gasteiger partial charge in [-0.2, -0.15) is 0 Å². The summed E-state index contributed by atoms with van der Waals surface area (Å²) in [6.45, 7) is 0.223. The third-order valence-corrected chi connectivity index (χ3v) is 3.12. The Morgan fingerprint density at radius 1 is 1.53 bits per heavy atom. The van der Waals surface area contributed by atoms with E-state index in [1.807, 2.05) is 0 Å². The van der Waals surface area contributed by atoms with Gasteiger partial charge < -0.3 is 15.7 Å². The lowest BCUT2D eigenvalue weighted by atomic mass is 10.0. The number of amides is 2. The molecular formula is C12H12ClFN2O3. The van der Waals surface area contributed by atoms with Crippen LogP contribution in [0.25, 0.3) is 0 Å². The third-order valence-electron chi connectivity index (χ3n) is 2.90. The summed E-state index contributed by atoms with van der Waals surface area (Å²) in [5.41, 5.74) is -1.60. The number of benzene rings is 1. The Morgan fingerprint density at radius 3 is 2.84 bits per heavy atom. The van der Waals surface area contributed by atoms with Gasteiger partial charge in [-0.15, -0.1) is 0 Å². The van der Waals surface area contributed by atoms with E-state index in [9.17, 15) is 19.1 Å². The molecule has 0 spiro atoms. The number of hydrogen-bond acceptors (Lipinski definition) is 3. The van der Waals surface area contributed by atoms with Crippen LogP contribution in [0.4, 0.5) is 4.39 Å². The minimum atomic E-state index is -2.04. The van der Waals surface area contributed by atoms with Crippen LogP contribution in [0.2, 0.25) is 5.02 Å². The van der Waals surface area contributed by atoms with Crippen LogP contribution < -0.4 is 10.6 Å². The van der Waals surface area contributed by atoms with Crippen LogP contribution in [0.3, 0.4) is 0 Å². The highest BCUT2D eigenvalue weighted by Crippen LogP contribution is 2.17. The van der Waals surface area contributed by atoms with E-state index in [1.54, 1.807) is 0 Å². The summed E-state index contributed by atoms with van der Waals surface area (Å²) in [4.78, 5) is 23.1. The first kappa shape index (κ1) is 13.8. The standard InChI is InChI=1S/C12H12ClFN2O3/c13-8-3-7(4-9(14)5-8)6-16-11(18)12(19)1-2-15-10(12)17/h3-5,19H,1-2,6H2,(H,15,17)(H,16,18)/t12-/m0/s1. The number of hydrogen-bond donors (Lipinski definition) is 3. The van der Waals surface area contributed by atoms with Gasteiger partial charge in [0.05, 0.1) is 0 Å². The maximum atomic E-state index is 13.1. The Hall–Kier alpha value is -1.66. The van der Waals surface area contributed by atoms with E-state index in [4.69, 9.17) is 11.6 Å². The van der Waals surface area contributed by atoms with Gasteiger partial charge in [0.2, 0.25) is 5.60 Å². The van der Waals surface area contributed by atoms with Crippen molar-refractivity contribution < 1.29 is 19.1 Å². The van der Waals surface area contributed by atoms with E-state index in [0.717, 1.165) is 6.07 Å². The van der Waals surface area contributed by atoms with Gasteiger partial charge in [-0.3, -0.25) is 9.59 Å². The largest absolute Gasteiger partial charge is 0.372 e. The van der Waals surface area contributed by atoms with E-state index in [2.05, 4.69) is 10.6 Å². The molecule has 1 fully saturated rings. The average molecular weight is 287 g/mol. The van der Waals surface area contributed by atoms with Crippen LogP contribution in [0.5, 0.6) is 0 Å². The van der Waals surface area contributed by atoms with Gasteiger partial charge in [-0.1, -0.05) is 11.6 Å². The molecule has 1 aromatic rings. The molecule has 1 atom stereocenters. The molecule has 19 heavy (non-hydrogen) atoms. The molecule has 1 saturated heterocycles. The van der Waals surface area contributed by atoms with E-state index in [-0.39, 0.29) is 24.5 Å². The summed E-state index contributed by atoms with van der Waals surface area (Å²) in [6.07, 6.45) is 0.0155. The number of nitrogens with one attached hydrogen (secondary N) is 2. The maximum absolute atomic E-state index is 13.1. The summed E-state index contributed by atoms with van der Waals surface area (Å²) >= 11 is 5.68. The maximum Gasteiger partial charge on any atom is 0.262 e. The van der Waals surface area contributed by atoms with Crippen molar-refractivity contribution in [2.45, 2.75) is 18.6 Å². The summed E-state index contributed by atoms with van der Waals surface area (Å²) in [5.74, 6) is -2.04. The Morgan fingerprint density at radius 2 is 2.26 bits per heavy atom. The fraction of sp³-hybridized carbons (Fsp3) is 0.333. The van der Waals surface area contributed by atoms with E-state index >= 15 is 0 Å². The highest BCUT2D eigenvalue weighted by Gasteiger charge is 2.47. The fourth-order valence-corrected chi connectivity index (χ4v) is 2.12. The average Bonchev–Trinajstić information content (AvgIpc) is 2.67. The molecule has 1 aromatic carbocycles. The van der Waals surface area contributed by atoms with Crippen molar-refractivity contribution in [3.8, 4) is 0 Å². The van der Waals surface area contributed by atoms with Gasteiger partial charge in [0, 0.05) is 24.5 Å². The lowest BCUT2D eigenvalue weighted by Crippen LogP contribution is -2.51. The van der Waals surface area contributed by atoms with Crippen LogP contribution in [0, 0.1) is 5.82 Å². The molecule has 1 heterocycles. The van der Waals surface area contributed by atoms with Crippen LogP contribution in [0.15, 0.2) is 18.2 Å². The van der Waals surface area contributed by atoms with Crippen molar-refractivity contribution in [2.24, 2.45) is 0 Å². The molecule has 5 nitrogen and oxygen atoms in total. The van der Waals surface area contributed by atoms with Crippen LogP contribution in [-0.4, -0.2) is 29.1 Å². The van der Waals surface area contributed by atoms with Gasteiger partial charge in [-0.25, -0.2) is 4.39 Å². The van der Waals surface area contributed by atoms with Crippen molar-refractivity contribution in [2.75, 3.05) is 6.54 Å². The van der Waals surface area contributed by atoms with Crippen molar-refractivity contribution in [1.29, 1.82) is 0 Å². The molecule has 0 saturated carbocycles. The molecule has 0 aliphatic carbocycles. The summed E-state index contributed by atoms with van der Waals surface area (Å²) in [6, 6.07) is 3.85. The van der Waals surface area contributed by atoms with Crippen LogP contribution >= 0.6 is 11.6 Å². The smallest absolute Gasteiger partial charge is 0.262 e. The SMILES string of the molecule is O=C1NCC[C@@]1(O)C(=O)NCc1cc(F)cc(Cl)c1. The molecule has 0 unspecified atom stereocenters. The monoisotopic (exact) mass is 286 g/mol. The lowest BCUT2D eigenvalue weighted by Gasteiger charge is -2.18. The van der Waals surface area contributed by atoms with Gasteiger partial charge in [0.15, 0.2) is 0 Å². The normalized spacial score (nSPS) is 22.2. The first-order valence-electron chi connectivity index (χ1n) is 5.66. The topological polar surface area (TPSA) is 78.4 Å². The molecular weight excluding hydrogens is 275 g/mol. The number of halogens is 2. The Kier molecular flexibility index (Phi) is 3.73. The Labute approximate surface area is 113 Å². The minimum Gasteiger partial charge on any atom is -0.372 e. The van der Waals surface area contributed by atoms with Gasteiger partial charge in [-0.05, 0) is 23.8 Å². The van der Waals surface area contributed by atoms with Crippen molar-refractivity contribution >= 4 is 23.4 Å². The van der Waals surface area contributed by atoms with Crippen LogP contribution in [-0.2, 0) is 16.1 Å². The molecule has 0 aromatic heterocycles. The number of carbonyl (C=O) groups is 2. The van der Waals surface area contributed by atoms with E-state index in [0.29, 0.717) is 5.56 Å². The molecule has 102 valence electrons. The van der Waals surface area contributed by atoms with E-state index in [1.165, 1.54) is 12.1 Å². The first-order valence-corrected chi connectivity index (χ1v) is 6.03. The Balaban J connectivity index is 2.02. The van der Waals surface area contributed by atoms with Crippen molar-refractivity contribution in [3.05, 3.63) is 34.6 Å². The summed E-state index contributed by atoms with van der Waals surface area (Å²) in [5, 5.41) is 14.9. The second-order valence-electron chi connectivity index (χ2n) is 4.33. The second-order valence-corrected chi connectivity index (χ2v) is 4.76. The molecule has 7 heteroatoms. The predicted octanol–water partition coefficient (Wildman–Crippen LogP) is 0.346. The molecule has 1 aliphatic heterocycles. The zero-order valence-corrected chi connectivity index (χ0v) is 10.6. The number of carbonyl (C=O) groups excluding carboxylic acids is 2. The van der Waals surface area contributed by atoms with Crippen molar-refractivity contribution in [1.82, 2.24) is 10.6 Å². The lowest BCUT2D eigenvalue weighted by molar-refractivity contribution is -0.150. The third kappa shape index (κ3) is 2.85. The van der Waals surface area contributed by atoms with Gasteiger partial charge >= 0.3 is 0 Å². The van der Waals surface area contributed by atoms with Gasteiger partial charge in [0.1, 0.15) is 5.82 Å². The quantitative estimate of drug-likeness (QED) is 0.702. The Bertz CT molecular complexity index is 517. The second kappa shape index (κ2) is 5.14. The first-order chi connectivity index (χ1) is 8.91. The molecule has 0 bridgehead atoms. The molecule has 0 radical (unpaired) electrons. The summed E-state index contributed by atoms with van der Waals surface area (Å²) < 4.78 is 13.1. The number of rotatable bonds is 3. The van der Waals surface area contributed by atoms with Crippen LogP contribution in [0.1, 0.15) is 12.0 Å². The fourth-order valence-electron chi connectivity index (χ4n) is 1.87. The zero-order valence-electron chi connectivity index (χ0n) is 9.87. The van der Waals surface area contributed by atoms with Crippen molar-refractivity contribution in [3.63, 3.8) is 0 Å². The summed E-state index contributed by atoms with van der Waals surface area (Å²) in [7, 11) is 0.